The molecule has 142 valence electrons. The number of carbonyl (C=O) groups excluding carboxylic acids is 2. The predicted octanol–water partition coefficient (Wildman–Crippen LogP) is 3.76. The van der Waals surface area contributed by atoms with Crippen molar-refractivity contribution in [1.29, 1.82) is 0 Å². The van der Waals surface area contributed by atoms with E-state index in [2.05, 4.69) is 10.3 Å². The number of fused-ring (bicyclic) bond motifs is 1. The van der Waals surface area contributed by atoms with E-state index in [1.807, 2.05) is 40.8 Å². The van der Waals surface area contributed by atoms with Crippen molar-refractivity contribution in [2.45, 2.75) is 39.3 Å². The molecule has 0 aromatic carbocycles. The summed E-state index contributed by atoms with van der Waals surface area (Å²) in [5.74, 6) is -0.904. The van der Waals surface area contributed by atoms with Gasteiger partial charge in [0.05, 0.1) is 10.2 Å². The molecule has 1 unspecified atom stereocenters. The Labute approximate surface area is 162 Å². The van der Waals surface area contributed by atoms with Crippen LogP contribution in [-0.4, -0.2) is 27.0 Å². The Kier molecular flexibility index (Phi) is 5.06. The topological polar surface area (TPSA) is 73.2 Å². The van der Waals surface area contributed by atoms with Crippen molar-refractivity contribution in [3.63, 3.8) is 0 Å². The molecule has 3 rings (SSSR count). The lowest BCUT2D eigenvalue weighted by atomic mass is 10.1. The fourth-order valence-corrected chi connectivity index (χ4v) is 3.83. The summed E-state index contributed by atoms with van der Waals surface area (Å²) in [6.07, 6.45) is 2.10. The normalized spacial score (nSPS) is 12.8. The molecule has 0 aliphatic carbocycles. The van der Waals surface area contributed by atoms with Crippen LogP contribution < -0.4 is 5.32 Å². The van der Waals surface area contributed by atoms with Gasteiger partial charge in [-0.3, -0.25) is 9.78 Å². The Morgan fingerprint density at radius 2 is 1.89 bits per heavy atom. The molecule has 0 spiro atoms. The molecule has 7 heteroatoms. The van der Waals surface area contributed by atoms with Gasteiger partial charge in [-0.05, 0) is 52.0 Å². The molecule has 0 saturated heterocycles. The van der Waals surface area contributed by atoms with Gasteiger partial charge in [0, 0.05) is 35.4 Å². The van der Waals surface area contributed by atoms with E-state index in [9.17, 15) is 9.59 Å². The molecular weight excluding hydrogens is 362 g/mol. The van der Waals surface area contributed by atoms with Gasteiger partial charge >= 0.3 is 5.97 Å². The highest BCUT2D eigenvalue weighted by Gasteiger charge is 2.29. The van der Waals surface area contributed by atoms with Gasteiger partial charge in [-0.25, -0.2) is 4.79 Å². The van der Waals surface area contributed by atoms with Crippen LogP contribution in [0.25, 0.3) is 10.2 Å². The number of amides is 1. The number of aryl methyl sites for hydroxylation is 2. The van der Waals surface area contributed by atoms with Crippen LogP contribution in [0.4, 0.5) is 0 Å². The van der Waals surface area contributed by atoms with Gasteiger partial charge in [-0.1, -0.05) is 0 Å². The lowest BCUT2D eigenvalue weighted by molar-refractivity contribution is -0.131. The van der Waals surface area contributed by atoms with Crippen LogP contribution >= 0.6 is 11.3 Å². The highest BCUT2D eigenvalue weighted by molar-refractivity contribution is 7.19. The number of pyridine rings is 1. The lowest BCUT2D eigenvalue weighted by Crippen LogP contribution is -2.44. The molecule has 6 nitrogen and oxygen atoms in total. The van der Waals surface area contributed by atoms with Crippen molar-refractivity contribution in [1.82, 2.24) is 14.9 Å². The third-order valence-corrected chi connectivity index (χ3v) is 5.02. The smallest absolute Gasteiger partial charge is 0.356 e. The van der Waals surface area contributed by atoms with Crippen molar-refractivity contribution < 1.29 is 14.3 Å². The summed E-state index contributed by atoms with van der Waals surface area (Å²) in [7, 11) is 1.82. The Bertz CT molecular complexity index is 983. The molecule has 1 N–H and O–H groups in total. The average Bonchev–Trinajstić information content (AvgIpc) is 3.09. The number of rotatable bonds is 4. The second-order valence-corrected chi connectivity index (χ2v) is 8.79. The maximum atomic E-state index is 12.8. The quantitative estimate of drug-likeness (QED) is 0.694. The molecule has 1 amide bonds. The molecule has 3 heterocycles. The van der Waals surface area contributed by atoms with Gasteiger partial charge < -0.3 is 14.6 Å². The Morgan fingerprint density at radius 3 is 2.48 bits per heavy atom. The van der Waals surface area contributed by atoms with E-state index < -0.39 is 17.6 Å². The van der Waals surface area contributed by atoms with Gasteiger partial charge in [0.25, 0.3) is 5.91 Å². The van der Waals surface area contributed by atoms with Crippen LogP contribution in [0, 0.1) is 6.92 Å². The molecule has 0 aliphatic rings. The third-order valence-electron chi connectivity index (χ3n) is 4.03. The number of thiophene rings is 1. The van der Waals surface area contributed by atoms with Crippen LogP contribution in [0.2, 0.25) is 0 Å². The van der Waals surface area contributed by atoms with E-state index in [1.54, 1.807) is 46.5 Å². The Morgan fingerprint density at radius 1 is 1.22 bits per heavy atom. The number of carbonyl (C=O) groups is 2. The monoisotopic (exact) mass is 385 g/mol. The summed E-state index contributed by atoms with van der Waals surface area (Å²) in [4.78, 5) is 30.7. The van der Waals surface area contributed by atoms with E-state index in [-0.39, 0.29) is 5.91 Å². The number of aromatic nitrogens is 2. The average molecular weight is 385 g/mol. The number of hydrogen-bond donors (Lipinski definition) is 1. The maximum Gasteiger partial charge on any atom is 0.356 e. The largest absolute Gasteiger partial charge is 0.443 e. The van der Waals surface area contributed by atoms with Crippen LogP contribution in [0.1, 0.15) is 47.8 Å². The zero-order chi connectivity index (χ0) is 19.8. The van der Waals surface area contributed by atoms with Crippen LogP contribution in [-0.2, 0) is 16.6 Å². The highest BCUT2D eigenvalue weighted by atomic mass is 32.1. The Balaban J connectivity index is 1.90. The summed E-state index contributed by atoms with van der Waals surface area (Å²) in [6.45, 7) is 7.66. The first-order valence-corrected chi connectivity index (χ1v) is 9.46. The molecular formula is C20H23N3O3S. The number of hydrogen-bond acceptors (Lipinski definition) is 5. The number of nitrogens with one attached hydrogen (secondary N) is 1. The summed E-state index contributed by atoms with van der Waals surface area (Å²) < 4.78 is 8.46. The summed E-state index contributed by atoms with van der Waals surface area (Å²) in [5, 5.41) is 2.88. The van der Waals surface area contributed by atoms with Gasteiger partial charge in [0.2, 0.25) is 6.10 Å². The van der Waals surface area contributed by atoms with Gasteiger partial charge in [0.1, 0.15) is 5.69 Å². The van der Waals surface area contributed by atoms with Crippen LogP contribution in [0.3, 0.4) is 0 Å². The van der Waals surface area contributed by atoms with Crippen molar-refractivity contribution in [2.75, 3.05) is 0 Å². The lowest BCUT2D eigenvalue weighted by Gasteiger charge is -2.25. The van der Waals surface area contributed by atoms with Gasteiger partial charge in [-0.15, -0.1) is 11.3 Å². The van der Waals surface area contributed by atoms with Crippen molar-refractivity contribution in [3.05, 3.63) is 52.8 Å². The van der Waals surface area contributed by atoms with Gasteiger partial charge in [0.15, 0.2) is 0 Å². The summed E-state index contributed by atoms with van der Waals surface area (Å²) >= 11 is 1.62. The fraction of sp³-hybridized carbons (Fsp3) is 0.350. The highest BCUT2D eigenvalue weighted by Crippen LogP contribution is 2.29. The molecule has 27 heavy (non-hydrogen) atoms. The Hall–Kier alpha value is -2.67. The van der Waals surface area contributed by atoms with E-state index in [4.69, 9.17) is 4.74 Å². The van der Waals surface area contributed by atoms with Crippen LogP contribution in [0.15, 0.2) is 36.7 Å². The molecule has 0 fully saturated rings. The molecule has 0 saturated carbocycles. The molecule has 0 aliphatic heterocycles. The fourth-order valence-electron chi connectivity index (χ4n) is 2.84. The minimum Gasteiger partial charge on any atom is -0.443 e. The molecule has 1 atom stereocenters. The molecule has 0 radical (unpaired) electrons. The molecule has 3 aromatic heterocycles. The second kappa shape index (κ2) is 7.15. The van der Waals surface area contributed by atoms with Gasteiger partial charge in [-0.2, -0.15) is 0 Å². The zero-order valence-electron chi connectivity index (χ0n) is 16.1. The van der Waals surface area contributed by atoms with Crippen LogP contribution in [0.5, 0.6) is 0 Å². The molecule has 3 aromatic rings. The van der Waals surface area contributed by atoms with E-state index in [0.29, 0.717) is 11.3 Å². The van der Waals surface area contributed by atoms with E-state index in [1.165, 1.54) is 4.88 Å². The van der Waals surface area contributed by atoms with E-state index >= 15 is 0 Å². The minimum absolute atomic E-state index is 0.367. The summed E-state index contributed by atoms with van der Waals surface area (Å²) in [6, 6.07) is 7.18. The minimum atomic E-state index is -1.05. The van der Waals surface area contributed by atoms with Crippen molar-refractivity contribution >= 4 is 33.4 Å². The second-order valence-electron chi connectivity index (χ2n) is 7.50. The first kappa shape index (κ1) is 19.1. The number of esters is 1. The third kappa shape index (κ3) is 4.19. The SMILES string of the molecule is Cc1cc2c(cc(C(=O)OC(C(=O)NC(C)(C)C)c3ccncc3)n2C)s1. The van der Waals surface area contributed by atoms with E-state index in [0.717, 1.165) is 10.2 Å². The number of ether oxygens (including phenoxy) is 1. The first-order valence-electron chi connectivity index (χ1n) is 8.64. The number of nitrogens with zero attached hydrogens (tertiary/aromatic N) is 2. The zero-order valence-corrected chi connectivity index (χ0v) is 16.9. The standard InChI is InChI=1S/C20H23N3O3S/c1-12-10-14-16(27-12)11-15(23(14)5)19(25)26-17(13-6-8-21-9-7-13)18(24)22-20(2,3)4/h6-11,17H,1-5H3,(H,22,24). The maximum absolute atomic E-state index is 12.8. The van der Waals surface area contributed by atoms with Crippen molar-refractivity contribution in [2.24, 2.45) is 7.05 Å². The molecule has 0 bridgehead atoms. The first-order chi connectivity index (χ1) is 12.7. The van der Waals surface area contributed by atoms with Crippen molar-refractivity contribution in [3.8, 4) is 0 Å². The predicted molar refractivity (Wildman–Crippen MR) is 106 cm³/mol. The summed E-state index contributed by atoms with van der Waals surface area (Å²) in [5.41, 5.74) is 1.52.